The molecule has 2 amide bonds. The van der Waals surface area contributed by atoms with E-state index in [0.29, 0.717) is 0 Å². The molecule has 152 valence electrons. The van der Waals surface area contributed by atoms with E-state index < -0.39 is 35.7 Å². The van der Waals surface area contributed by atoms with Crippen molar-refractivity contribution >= 4 is 12.0 Å². The zero-order chi connectivity index (χ0) is 20.0. The highest BCUT2D eigenvalue weighted by atomic mass is 19.3. The van der Waals surface area contributed by atoms with Crippen molar-refractivity contribution in [3.8, 4) is 0 Å². The third-order valence-electron chi connectivity index (χ3n) is 4.41. The molecular formula is C18H32F2N2O4. The van der Waals surface area contributed by atoms with Crippen LogP contribution in [0.3, 0.4) is 0 Å². The fourth-order valence-corrected chi connectivity index (χ4v) is 3.17. The summed E-state index contributed by atoms with van der Waals surface area (Å²) in [5.41, 5.74) is -0.799. The highest BCUT2D eigenvalue weighted by molar-refractivity contribution is 5.84. The van der Waals surface area contributed by atoms with Crippen LogP contribution in [0.5, 0.6) is 0 Å². The van der Waals surface area contributed by atoms with Crippen LogP contribution in [0.2, 0.25) is 0 Å². The van der Waals surface area contributed by atoms with Gasteiger partial charge in [0.1, 0.15) is 11.7 Å². The lowest BCUT2D eigenvalue weighted by Gasteiger charge is -2.33. The monoisotopic (exact) mass is 378 g/mol. The number of aliphatic hydroxyl groups is 1. The Morgan fingerprint density at radius 1 is 1.19 bits per heavy atom. The minimum atomic E-state index is -4.01. The number of ether oxygens (including phenoxy) is 1. The molecule has 1 rings (SSSR count). The van der Waals surface area contributed by atoms with Crippen molar-refractivity contribution in [2.75, 3.05) is 6.54 Å². The SMILES string of the molecule is CCNC(=O)C(F)(F)[C@H](O)[C@H](CC1CCCCC1)NC(=O)OC(C)(C)C. The predicted molar refractivity (Wildman–Crippen MR) is 94.0 cm³/mol. The second-order valence-corrected chi connectivity index (χ2v) is 7.92. The molecule has 0 aromatic rings. The Morgan fingerprint density at radius 2 is 1.77 bits per heavy atom. The summed E-state index contributed by atoms with van der Waals surface area (Å²) >= 11 is 0. The number of alkyl halides is 2. The molecule has 3 N–H and O–H groups in total. The van der Waals surface area contributed by atoms with Gasteiger partial charge in [-0.25, -0.2) is 4.79 Å². The van der Waals surface area contributed by atoms with Crippen molar-refractivity contribution in [1.82, 2.24) is 10.6 Å². The maximum absolute atomic E-state index is 14.3. The van der Waals surface area contributed by atoms with Crippen molar-refractivity contribution in [2.24, 2.45) is 5.92 Å². The molecule has 6 nitrogen and oxygen atoms in total. The molecule has 0 saturated heterocycles. The largest absolute Gasteiger partial charge is 0.444 e. The van der Waals surface area contributed by atoms with Crippen LogP contribution in [0, 0.1) is 5.92 Å². The number of rotatable bonds is 7. The number of carbonyl (C=O) groups is 2. The van der Waals surface area contributed by atoms with Crippen LogP contribution in [0.25, 0.3) is 0 Å². The van der Waals surface area contributed by atoms with E-state index in [1.165, 1.54) is 6.92 Å². The van der Waals surface area contributed by atoms with Gasteiger partial charge in [0, 0.05) is 6.54 Å². The number of alkyl carbamates (subject to hydrolysis) is 1. The minimum Gasteiger partial charge on any atom is -0.444 e. The topological polar surface area (TPSA) is 87.7 Å². The average molecular weight is 378 g/mol. The number of carbonyl (C=O) groups excluding carboxylic acids is 2. The summed E-state index contributed by atoms with van der Waals surface area (Å²) in [6.45, 7) is 6.50. The molecule has 0 heterocycles. The van der Waals surface area contributed by atoms with Crippen LogP contribution >= 0.6 is 0 Å². The standard InChI is InChI=1S/C18H32F2N2O4/c1-5-21-15(24)18(19,20)14(23)13(11-12-9-7-6-8-10-12)22-16(25)26-17(2,3)4/h12-14,23H,5-11H2,1-4H3,(H,21,24)(H,22,25)/t13-,14+/m0/s1. The molecule has 2 atom stereocenters. The zero-order valence-electron chi connectivity index (χ0n) is 16.1. The van der Waals surface area contributed by atoms with Gasteiger partial charge in [0.2, 0.25) is 0 Å². The van der Waals surface area contributed by atoms with Crippen LogP contribution in [-0.4, -0.2) is 47.3 Å². The first-order valence-electron chi connectivity index (χ1n) is 9.31. The summed E-state index contributed by atoms with van der Waals surface area (Å²) in [4.78, 5) is 23.7. The molecule has 0 radical (unpaired) electrons. The summed E-state index contributed by atoms with van der Waals surface area (Å²) in [6, 6.07) is -1.27. The Kier molecular flexibility index (Phi) is 8.24. The summed E-state index contributed by atoms with van der Waals surface area (Å²) in [7, 11) is 0. The predicted octanol–water partition coefficient (Wildman–Crippen LogP) is 2.98. The first-order chi connectivity index (χ1) is 12.0. The molecule has 0 spiro atoms. The minimum absolute atomic E-state index is 0.0218. The molecule has 0 aromatic carbocycles. The third kappa shape index (κ3) is 7.05. The fourth-order valence-electron chi connectivity index (χ4n) is 3.17. The normalized spacial score (nSPS) is 18.7. The lowest BCUT2D eigenvalue weighted by atomic mass is 9.83. The van der Waals surface area contributed by atoms with E-state index >= 15 is 0 Å². The number of nitrogens with one attached hydrogen (secondary N) is 2. The van der Waals surface area contributed by atoms with Crippen molar-refractivity contribution in [2.45, 2.75) is 89.9 Å². The van der Waals surface area contributed by atoms with Crippen LogP contribution in [0.4, 0.5) is 13.6 Å². The highest BCUT2D eigenvalue weighted by Gasteiger charge is 2.50. The van der Waals surface area contributed by atoms with E-state index in [0.717, 1.165) is 32.1 Å². The molecule has 0 aliphatic heterocycles. The quantitative estimate of drug-likeness (QED) is 0.636. The average Bonchev–Trinajstić information content (AvgIpc) is 2.53. The Labute approximate surface area is 154 Å². The molecular weight excluding hydrogens is 346 g/mol. The van der Waals surface area contributed by atoms with Gasteiger partial charge in [0.25, 0.3) is 5.91 Å². The highest BCUT2D eigenvalue weighted by Crippen LogP contribution is 2.31. The fraction of sp³-hybridized carbons (Fsp3) is 0.889. The van der Waals surface area contributed by atoms with Crippen LogP contribution < -0.4 is 10.6 Å². The Morgan fingerprint density at radius 3 is 2.27 bits per heavy atom. The Balaban J connectivity index is 2.90. The molecule has 8 heteroatoms. The molecule has 1 aliphatic rings. The molecule has 1 saturated carbocycles. The van der Waals surface area contributed by atoms with Crippen molar-refractivity contribution in [3.05, 3.63) is 0 Å². The second kappa shape index (κ2) is 9.48. The Bertz CT molecular complexity index is 474. The van der Waals surface area contributed by atoms with Gasteiger partial charge in [0.05, 0.1) is 6.04 Å². The number of hydrogen-bond acceptors (Lipinski definition) is 4. The van der Waals surface area contributed by atoms with E-state index in [2.05, 4.69) is 5.32 Å². The lowest BCUT2D eigenvalue weighted by Crippen LogP contribution is -2.58. The summed E-state index contributed by atoms with van der Waals surface area (Å²) in [5.74, 6) is -5.44. The lowest BCUT2D eigenvalue weighted by molar-refractivity contribution is -0.167. The van der Waals surface area contributed by atoms with Gasteiger partial charge >= 0.3 is 12.0 Å². The van der Waals surface area contributed by atoms with E-state index in [1.54, 1.807) is 20.8 Å². The second-order valence-electron chi connectivity index (χ2n) is 7.92. The molecule has 26 heavy (non-hydrogen) atoms. The van der Waals surface area contributed by atoms with Crippen LogP contribution in [0.1, 0.15) is 66.2 Å². The number of halogens is 2. The van der Waals surface area contributed by atoms with Gasteiger partial charge in [-0.3, -0.25) is 4.79 Å². The van der Waals surface area contributed by atoms with Gasteiger partial charge in [-0.15, -0.1) is 0 Å². The van der Waals surface area contributed by atoms with Gasteiger partial charge in [-0.05, 0) is 40.0 Å². The van der Waals surface area contributed by atoms with E-state index in [1.807, 2.05) is 5.32 Å². The van der Waals surface area contributed by atoms with E-state index in [9.17, 15) is 23.5 Å². The molecule has 0 unspecified atom stereocenters. The van der Waals surface area contributed by atoms with E-state index in [4.69, 9.17) is 4.74 Å². The van der Waals surface area contributed by atoms with Crippen molar-refractivity contribution < 1.29 is 28.2 Å². The third-order valence-corrected chi connectivity index (χ3v) is 4.41. The van der Waals surface area contributed by atoms with Crippen LogP contribution in [-0.2, 0) is 9.53 Å². The van der Waals surface area contributed by atoms with Gasteiger partial charge in [0.15, 0.2) is 0 Å². The Hall–Kier alpha value is -1.44. The van der Waals surface area contributed by atoms with Crippen molar-refractivity contribution in [1.29, 1.82) is 0 Å². The molecule has 0 bridgehead atoms. The first kappa shape index (κ1) is 22.6. The summed E-state index contributed by atoms with van der Waals surface area (Å²) in [5, 5.41) is 14.6. The smallest absolute Gasteiger partial charge is 0.407 e. The molecule has 1 aliphatic carbocycles. The van der Waals surface area contributed by atoms with Crippen LogP contribution in [0.15, 0.2) is 0 Å². The maximum atomic E-state index is 14.3. The maximum Gasteiger partial charge on any atom is 0.407 e. The number of aliphatic hydroxyl groups excluding tert-OH is 1. The molecule has 1 fully saturated rings. The number of hydrogen-bond donors (Lipinski definition) is 3. The van der Waals surface area contributed by atoms with Crippen molar-refractivity contribution in [3.63, 3.8) is 0 Å². The zero-order valence-corrected chi connectivity index (χ0v) is 16.1. The van der Waals surface area contributed by atoms with Gasteiger partial charge in [-0.1, -0.05) is 32.1 Å². The van der Waals surface area contributed by atoms with Gasteiger partial charge in [-0.2, -0.15) is 8.78 Å². The van der Waals surface area contributed by atoms with Gasteiger partial charge < -0.3 is 20.5 Å². The van der Waals surface area contributed by atoms with E-state index in [-0.39, 0.29) is 18.9 Å². The number of amides is 2. The first-order valence-corrected chi connectivity index (χ1v) is 9.31. The molecule has 0 aromatic heterocycles. The summed E-state index contributed by atoms with van der Waals surface area (Å²) < 4.78 is 33.8. The summed E-state index contributed by atoms with van der Waals surface area (Å²) in [6.07, 6.45) is 1.75.